The Balaban J connectivity index is -0.0000000941. The molecule has 0 radical (unpaired) electrons. The summed E-state index contributed by atoms with van der Waals surface area (Å²) in [5.74, 6) is 0. The van der Waals surface area contributed by atoms with Gasteiger partial charge >= 0.3 is 0 Å². The maximum absolute atomic E-state index is 4.50. The highest BCUT2D eigenvalue weighted by Gasteiger charge is 2.07. The maximum atomic E-state index is 4.50. The average molecular weight is 229 g/mol. The first-order chi connectivity index (χ1) is 5.12. The second kappa shape index (κ2) is 14.5. The average Bonchev–Trinajstić information content (AvgIpc) is 1.91. The SMILES string of the molecule is C=CC[N+](C)(C)CC=C.CN.Cl.[Cl-]. The minimum atomic E-state index is 0. The van der Waals surface area contributed by atoms with E-state index < -0.39 is 0 Å². The smallest absolute Gasteiger partial charge is 0.0969 e. The van der Waals surface area contributed by atoms with Gasteiger partial charge in [-0.15, -0.1) is 12.4 Å². The number of nitrogens with two attached hydrogens (primary N) is 1. The Morgan fingerprint density at radius 1 is 1.08 bits per heavy atom. The molecule has 0 atom stereocenters. The second-order valence-corrected chi connectivity index (χ2v) is 2.88. The molecule has 0 fully saturated rings. The molecule has 0 rings (SSSR count). The van der Waals surface area contributed by atoms with Crippen LogP contribution in [-0.2, 0) is 0 Å². The monoisotopic (exact) mass is 228 g/mol. The highest BCUT2D eigenvalue weighted by Crippen LogP contribution is 1.95. The van der Waals surface area contributed by atoms with Crippen LogP contribution in [-0.4, -0.2) is 38.7 Å². The third-order valence-electron chi connectivity index (χ3n) is 1.25. The van der Waals surface area contributed by atoms with Crippen molar-refractivity contribution in [3.8, 4) is 0 Å². The van der Waals surface area contributed by atoms with Gasteiger partial charge in [-0.25, -0.2) is 0 Å². The molecule has 0 aromatic carbocycles. The molecule has 2 N–H and O–H groups in total. The molecule has 0 aliphatic rings. The third kappa shape index (κ3) is 18.7. The third-order valence-corrected chi connectivity index (χ3v) is 1.25. The standard InChI is InChI=1S/C8H16N.CH5N.2ClH/c1-5-7-9(3,4)8-6-2;1-2;;/h5-6H,1-2,7-8H2,3-4H3;2H2,1H3;2*1H/q+1;;;/p-1. The number of likely N-dealkylation sites (N-methyl/N-ethyl adjacent to an activating group) is 1. The Hall–Kier alpha value is -0.0200. The lowest BCUT2D eigenvalue weighted by Crippen LogP contribution is -3.00. The van der Waals surface area contributed by atoms with Gasteiger partial charge in [0.15, 0.2) is 0 Å². The first kappa shape index (κ1) is 23.1. The van der Waals surface area contributed by atoms with Gasteiger partial charge < -0.3 is 22.6 Å². The Morgan fingerprint density at radius 2 is 1.31 bits per heavy atom. The molecule has 0 aromatic rings. The number of hydrogen-bond acceptors (Lipinski definition) is 1. The number of quaternary nitrogens is 1. The zero-order valence-corrected chi connectivity index (χ0v) is 10.4. The van der Waals surface area contributed by atoms with E-state index in [-0.39, 0.29) is 24.8 Å². The fourth-order valence-corrected chi connectivity index (χ4v) is 0.774. The fourth-order valence-electron chi connectivity index (χ4n) is 0.774. The van der Waals surface area contributed by atoms with Gasteiger partial charge in [-0.05, 0) is 19.2 Å². The molecular weight excluding hydrogens is 207 g/mol. The molecule has 0 amide bonds. The molecule has 4 heteroatoms. The number of hydrogen-bond donors (Lipinski definition) is 1. The Labute approximate surface area is 94.9 Å². The van der Waals surface area contributed by atoms with Gasteiger partial charge in [-0.2, -0.15) is 0 Å². The molecule has 0 heterocycles. The Bertz CT molecular complexity index is 102. The number of halogens is 2. The normalized spacial score (nSPS) is 8.00. The summed E-state index contributed by atoms with van der Waals surface area (Å²) in [4.78, 5) is 0. The molecule has 2 nitrogen and oxygen atoms in total. The molecule has 13 heavy (non-hydrogen) atoms. The van der Waals surface area contributed by atoms with Crippen molar-refractivity contribution < 1.29 is 16.9 Å². The minimum absolute atomic E-state index is 0. The zero-order chi connectivity index (χ0) is 9.33. The largest absolute Gasteiger partial charge is 1.00 e. The molecular formula is C9H22Cl2N2. The van der Waals surface area contributed by atoms with E-state index in [2.05, 4.69) is 33.0 Å². The summed E-state index contributed by atoms with van der Waals surface area (Å²) in [5.41, 5.74) is 4.50. The maximum Gasteiger partial charge on any atom is 0.0969 e. The highest BCUT2D eigenvalue weighted by atomic mass is 35.5. The summed E-state index contributed by atoms with van der Waals surface area (Å²) in [5, 5.41) is 0. The van der Waals surface area contributed by atoms with Gasteiger partial charge in [0.1, 0.15) is 0 Å². The van der Waals surface area contributed by atoms with Crippen molar-refractivity contribution >= 4 is 12.4 Å². The van der Waals surface area contributed by atoms with Crippen LogP contribution in [0.4, 0.5) is 0 Å². The van der Waals surface area contributed by atoms with Gasteiger partial charge in [0, 0.05) is 0 Å². The van der Waals surface area contributed by atoms with Crippen molar-refractivity contribution in [2.45, 2.75) is 0 Å². The van der Waals surface area contributed by atoms with Crippen molar-refractivity contribution in [2.24, 2.45) is 5.73 Å². The van der Waals surface area contributed by atoms with Crippen LogP contribution >= 0.6 is 12.4 Å². The van der Waals surface area contributed by atoms with Crippen molar-refractivity contribution in [3.05, 3.63) is 25.3 Å². The lowest BCUT2D eigenvalue weighted by Gasteiger charge is -2.26. The fraction of sp³-hybridized carbons (Fsp3) is 0.556. The van der Waals surface area contributed by atoms with Crippen LogP contribution in [0.2, 0.25) is 0 Å². The van der Waals surface area contributed by atoms with Crippen molar-refractivity contribution in [2.75, 3.05) is 34.2 Å². The molecule has 0 aromatic heterocycles. The second-order valence-electron chi connectivity index (χ2n) is 2.88. The van der Waals surface area contributed by atoms with Gasteiger partial charge in [0.2, 0.25) is 0 Å². The predicted molar refractivity (Wildman–Crippen MR) is 59.6 cm³/mol. The van der Waals surface area contributed by atoms with E-state index in [9.17, 15) is 0 Å². The van der Waals surface area contributed by atoms with Crippen LogP contribution < -0.4 is 18.1 Å². The van der Waals surface area contributed by atoms with E-state index in [4.69, 9.17) is 0 Å². The highest BCUT2D eigenvalue weighted by molar-refractivity contribution is 5.85. The molecule has 0 aliphatic carbocycles. The van der Waals surface area contributed by atoms with Gasteiger partial charge in [-0.3, -0.25) is 0 Å². The summed E-state index contributed by atoms with van der Waals surface area (Å²) in [7, 11) is 5.81. The van der Waals surface area contributed by atoms with E-state index in [0.717, 1.165) is 17.6 Å². The zero-order valence-electron chi connectivity index (χ0n) is 8.79. The summed E-state index contributed by atoms with van der Waals surface area (Å²) in [6.45, 7) is 9.37. The Morgan fingerprint density at radius 3 is 1.46 bits per heavy atom. The van der Waals surface area contributed by atoms with Crippen LogP contribution in [0.1, 0.15) is 0 Å². The van der Waals surface area contributed by atoms with Gasteiger partial charge in [0.05, 0.1) is 27.2 Å². The predicted octanol–water partition coefficient (Wildman–Crippen LogP) is -1.56. The van der Waals surface area contributed by atoms with Crippen LogP contribution in [0, 0.1) is 0 Å². The molecule has 0 spiro atoms. The summed E-state index contributed by atoms with van der Waals surface area (Å²) in [6.07, 6.45) is 3.87. The molecule has 0 aliphatic heterocycles. The molecule has 0 saturated carbocycles. The van der Waals surface area contributed by atoms with E-state index in [1.54, 1.807) is 0 Å². The van der Waals surface area contributed by atoms with E-state index in [0.29, 0.717) is 0 Å². The van der Waals surface area contributed by atoms with Crippen molar-refractivity contribution in [3.63, 3.8) is 0 Å². The van der Waals surface area contributed by atoms with Gasteiger partial charge in [0.25, 0.3) is 0 Å². The van der Waals surface area contributed by atoms with E-state index in [1.165, 1.54) is 7.05 Å². The molecule has 0 unspecified atom stereocenters. The number of nitrogens with zero attached hydrogens (tertiary/aromatic N) is 1. The van der Waals surface area contributed by atoms with Gasteiger partial charge in [-0.1, -0.05) is 13.2 Å². The molecule has 0 saturated heterocycles. The molecule has 0 bridgehead atoms. The summed E-state index contributed by atoms with van der Waals surface area (Å²) < 4.78 is 0.951. The number of rotatable bonds is 4. The minimum Gasteiger partial charge on any atom is -1.00 e. The van der Waals surface area contributed by atoms with Crippen LogP contribution in [0.25, 0.3) is 0 Å². The summed E-state index contributed by atoms with van der Waals surface area (Å²) in [6, 6.07) is 0. The summed E-state index contributed by atoms with van der Waals surface area (Å²) >= 11 is 0. The first-order valence-electron chi connectivity index (χ1n) is 3.74. The van der Waals surface area contributed by atoms with Crippen molar-refractivity contribution in [1.29, 1.82) is 0 Å². The quantitative estimate of drug-likeness (QED) is 0.458. The van der Waals surface area contributed by atoms with E-state index in [1.807, 2.05) is 12.2 Å². The van der Waals surface area contributed by atoms with Crippen LogP contribution in [0.5, 0.6) is 0 Å². The topological polar surface area (TPSA) is 26.0 Å². The van der Waals surface area contributed by atoms with Crippen LogP contribution in [0.15, 0.2) is 25.3 Å². The lowest BCUT2D eigenvalue weighted by atomic mass is 10.4. The molecule has 82 valence electrons. The Kier molecular flexibility index (Phi) is 25.8. The first-order valence-corrected chi connectivity index (χ1v) is 3.74. The van der Waals surface area contributed by atoms with Crippen LogP contribution in [0.3, 0.4) is 0 Å². The lowest BCUT2D eigenvalue weighted by molar-refractivity contribution is -0.878. The van der Waals surface area contributed by atoms with Crippen molar-refractivity contribution in [1.82, 2.24) is 0 Å². The van der Waals surface area contributed by atoms with E-state index >= 15 is 0 Å².